The molecule has 138 valence electrons. The highest BCUT2D eigenvalue weighted by Crippen LogP contribution is 2.22. The van der Waals surface area contributed by atoms with E-state index in [1.54, 1.807) is 21.0 Å². The van der Waals surface area contributed by atoms with E-state index in [2.05, 4.69) is 46.7 Å². The molecule has 6 nitrogen and oxygen atoms in total. The largest absolute Gasteiger partial charge is 0.347 e. The molecule has 1 aromatic carbocycles. The van der Waals surface area contributed by atoms with Crippen LogP contribution in [0.25, 0.3) is 0 Å². The Kier molecular flexibility index (Phi) is 6.96. The van der Waals surface area contributed by atoms with Crippen molar-refractivity contribution < 1.29 is 9.59 Å². The van der Waals surface area contributed by atoms with Gasteiger partial charge in [0.05, 0.1) is 6.54 Å². The highest BCUT2D eigenvalue weighted by atomic mass is 16.2. The number of amides is 2. The van der Waals surface area contributed by atoms with Crippen LogP contribution in [0.5, 0.6) is 0 Å². The van der Waals surface area contributed by atoms with Gasteiger partial charge in [-0.3, -0.25) is 14.5 Å². The molecule has 1 aliphatic rings. The number of carbonyl (C=O) groups excluding carboxylic acids is 2. The van der Waals surface area contributed by atoms with Crippen LogP contribution in [0.1, 0.15) is 31.0 Å². The first kappa shape index (κ1) is 19.4. The van der Waals surface area contributed by atoms with Crippen molar-refractivity contribution in [2.75, 3.05) is 40.3 Å². The summed E-state index contributed by atoms with van der Waals surface area (Å²) in [5.41, 5.74) is 2.53. The number of hydrogen-bond acceptors (Lipinski definition) is 4. The van der Waals surface area contributed by atoms with Gasteiger partial charge in [-0.15, -0.1) is 0 Å². The summed E-state index contributed by atoms with van der Waals surface area (Å²) in [7, 11) is 3.38. The van der Waals surface area contributed by atoms with E-state index < -0.39 is 6.04 Å². The predicted molar refractivity (Wildman–Crippen MR) is 99.3 cm³/mol. The summed E-state index contributed by atoms with van der Waals surface area (Å²) >= 11 is 0. The Hall–Kier alpha value is -1.92. The molecule has 2 rings (SSSR count). The first-order valence-electron chi connectivity index (χ1n) is 8.96. The molecule has 0 radical (unpaired) electrons. The Morgan fingerprint density at radius 3 is 2.60 bits per heavy atom. The topological polar surface area (TPSA) is 64.7 Å². The number of benzene rings is 1. The van der Waals surface area contributed by atoms with E-state index in [0.29, 0.717) is 6.54 Å². The molecule has 1 aromatic rings. The van der Waals surface area contributed by atoms with Gasteiger partial charge in [0.25, 0.3) is 0 Å². The molecule has 2 atom stereocenters. The van der Waals surface area contributed by atoms with Gasteiger partial charge in [-0.1, -0.05) is 31.2 Å². The second-order valence-corrected chi connectivity index (χ2v) is 6.81. The van der Waals surface area contributed by atoms with Gasteiger partial charge in [0, 0.05) is 39.8 Å². The maximum Gasteiger partial charge on any atom is 0.244 e. The fourth-order valence-electron chi connectivity index (χ4n) is 3.16. The van der Waals surface area contributed by atoms with Crippen LogP contribution in [0, 0.1) is 0 Å². The summed E-state index contributed by atoms with van der Waals surface area (Å²) in [4.78, 5) is 28.0. The molecule has 2 N–H and O–H groups in total. The summed E-state index contributed by atoms with van der Waals surface area (Å²) in [5.74, 6) is -0.208. The van der Waals surface area contributed by atoms with Crippen molar-refractivity contribution in [2.24, 2.45) is 0 Å². The fraction of sp³-hybridized carbons (Fsp3) is 0.579. The van der Waals surface area contributed by atoms with E-state index in [1.165, 1.54) is 16.0 Å². The van der Waals surface area contributed by atoms with Crippen molar-refractivity contribution in [1.29, 1.82) is 0 Å². The van der Waals surface area contributed by atoms with E-state index >= 15 is 0 Å². The Labute approximate surface area is 150 Å². The second-order valence-electron chi connectivity index (χ2n) is 6.81. The van der Waals surface area contributed by atoms with Gasteiger partial charge in [0.2, 0.25) is 11.8 Å². The Morgan fingerprint density at radius 2 is 2.00 bits per heavy atom. The number of hydrogen-bond donors (Lipinski definition) is 2. The third-order valence-electron chi connectivity index (χ3n) is 4.66. The van der Waals surface area contributed by atoms with Gasteiger partial charge in [0.15, 0.2) is 0 Å². The van der Waals surface area contributed by atoms with Crippen molar-refractivity contribution in [3.05, 3.63) is 35.4 Å². The summed E-state index contributed by atoms with van der Waals surface area (Å²) in [6.45, 7) is 6.66. The van der Waals surface area contributed by atoms with Crippen LogP contribution in [-0.2, 0) is 16.0 Å². The smallest absolute Gasteiger partial charge is 0.244 e. The Bertz CT molecular complexity index is 586. The minimum Gasteiger partial charge on any atom is -0.347 e. The van der Waals surface area contributed by atoms with Crippen LogP contribution < -0.4 is 10.6 Å². The van der Waals surface area contributed by atoms with Crippen molar-refractivity contribution in [3.8, 4) is 0 Å². The SMILES string of the molecule is CCc1ccc(C2CNCCN2CC(=O)NC(C)C(=O)N(C)C)cc1. The maximum absolute atomic E-state index is 12.4. The summed E-state index contributed by atoms with van der Waals surface area (Å²) < 4.78 is 0. The second kappa shape index (κ2) is 8.97. The number of piperazine rings is 1. The number of nitrogens with zero attached hydrogens (tertiary/aromatic N) is 2. The lowest BCUT2D eigenvalue weighted by Crippen LogP contribution is -2.52. The molecule has 2 amide bonds. The molecule has 25 heavy (non-hydrogen) atoms. The van der Waals surface area contributed by atoms with Crippen LogP contribution in [-0.4, -0.2) is 67.9 Å². The minimum atomic E-state index is -0.507. The normalized spacial score (nSPS) is 19.3. The van der Waals surface area contributed by atoms with E-state index in [4.69, 9.17) is 0 Å². The average Bonchev–Trinajstić information content (AvgIpc) is 2.61. The van der Waals surface area contributed by atoms with E-state index in [0.717, 1.165) is 26.1 Å². The molecule has 1 fully saturated rings. The van der Waals surface area contributed by atoms with Gasteiger partial charge in [-0.25, -0.2) is 0 Å². The lowest BCUT2D eigenvalue weighted by Gasteiger charge is -2.36. The van der Waals surface area contributed by atoms with Gasteiger partial charge >= 0.3 is 0 Å². The number of likely N-dealkylation sites (N-methyl/N-ethyl adjacent to an activating group) is 1. The molecule has 1 saturated heterocycles. The van der Waals surface area contributed by atoms with Gasteiger partial charge in [-0.05, 0) is 24.5 Å². The molecule has 0 saturated carbocycles. The Morgan fingerprint density at radius 1 is 1.32 bits per heavy atom. The zero-order valence-electron chi connectivity index (χ0n) is 15.7. The standard InChI is InChI=1S/C19H30N4O2/c1-5-15-6-8-16(9-7-15)17-12-20-10-11-23(17)13-18(24)21-14(2)19(25)22(3)4/h6-9,14,17,20H,5,10-13H2,1-4H3,(H,21,24). The molecule has 0 spiro atoms. The highest BCUT2D eigenvalue weighted by molar-refractivity contribution is 5.87. The van der Waals surface area contributed by atoms with Gasteiger partial charge < -0.3 is 15.5 Å². The van der Waals surface area contributed by atoms with Crippen molar-refractivity contribution in [2.45, 2.75) is 32.4 Å². The maximum atomic E-state index is 12.4. The highest BCUT2D eigenvalue weighted by Gasteiger charge is 2.26. The number of carbonyl (C=O) groups is 2. The average molecular weight is 346 g/mol. The summed E-state index contributed by atoms with van der Waals surface area (Å²) in [5, 5.41) is 6.21. The molecule has 6 heteroatoms. The molecule has 1 heterocycles. The molecular formula is C19H30N4O2. The predicted octanol–water partition coefficient (Wildman–Crippen LogP) is 0.788. The Balaban J connectivity index is 2.00. The molecule has 0 bridgehead atoms. The zero-order chi connectivity index (χ0) is 18.4. The lowest BCUT2D eigenvalue weighted by molar-refractivity contribution is -0.134. The quantitative estimate of drug-likeness (QED) is 0.799. The van der Waals surface area contributed by atoms with Crippen LogP contribution >= 0.6 is 0 Å². The number of aryl methyl sites for hydroxylation is 1. The fourth-order valence-corrected chi connectivity index (χ4v) is 3.16. The zero-order valence-corrected chi connectivity index (χ0v) is 15.7. The third-order valence-corrected chi connectivity index (χ3v) is 4.66. The van der Waals surface area contributed by atoms with Crippen molar-refractivity contribution >= 4 is 11.8 Å². The monoisotopic (exact) mass is 346 g/mol. The van der Waals surface area contributed by atoms with Crippen LogP contribution in [0.3, 0.4) is 0 Å². The lowest BCUT2D eigenvalue weighted by atomic mass is 10.0. The number of rotatable bonds is 6. The van der Waals surface area contributed by atoms with Gasteiger partial charge in [0.1, 0.15) is 6.04 Å². The third kappa shape index (κ3) is 5.28. The summed E-state index contributed by atoms with van der Waals surface area (Å²) in [6.07, 6.45) is 1.02. The molecule has 0 aromatic heterocycles. The first-order valence-corrected chi connectivity index (χ1v) is 8.96. The van der Waals surface area contributed by atoms with Gasteiger partial charge in [-0.2, -0.15) is 0 Å². The molecule has 0 aliphatic carbocycles. The summed E-state index contributed by atoms with van der Waals surface area (Å²) in [6, 6.07) is 8.28. The van der Waals surface area contributed by atoms with Crippen molar-refractivity contribution in [1.82, 2.24) is 20.4 Å². The van der Waals surface area contributed by atoms with Crippen LogP contribution in [0.2, 0.25) is 0 Å². The minimum absolute atomic E-state index is 0.0969. The van der Waals surface area contributed by atoms with E-state index in [-0.39, 0.29) is 17.9 Å². The molecule has 1 aliphatic heterocycles. The molecular weight excluding hydrogens is 316 g/mol. The van der Waals surface area contributed by atoms with Crippen LogP contribution in [0.4, 0.5) is 0 Å². The van der Waals surface area contributed by atoms with Crippen molar-refractivity contribution in [3.63, 3.8) is 0 Å². The van der Waals surface area contributed by atoms with Crippen LogP contribution in [0.15, 0.2) is 24.3 Å². The first-order chi connectivity index (χ1) is 11.9. The number of nitrogens with one attached hydrogen (secondary N) is 2. The van der Waals surface area contributed by atoms with E-state index in [9.17, 15) is 9.59 Å². The van der Waals surface area contributed by atoms with E-state index in [1.807, 2.05) is 0 Å². The molecule has 2 unspecified atom stereocenters.